The van der Waals surface area contributed by atoms with Crippen LogP contribution in [0.3, 0.4) is 0 Å². The molecule has 23 heavy (non-hydrogen) atoms. The zero-order valence-corrected chi connectivity index (χ0v) is 15.6. The van der Waals surface area contributed by atoms with Gasteiger partial charge in [-0.1, -0.05) is 12.1 Å². The number of hydrogen-bond donors (Lipinski definition) is 1. The molecular weight excluding hydrogens is 428 g/mol. The lowest BCUT2D eigenvalue weighted by molar-refractivity contribution is 0.0954. The average Bonchev–Trinajstić information content (AvgIpc) is 2.55. The average molecular weight is 442 g/mol. The summed E-state index contributed by atoms with van der Waals surface area (Å²) in [6.07, 6.45) is 1.51. The number of hydrazone groups is 1. The second-order valence-electron chi connectivity index (χ2n) is 4.41. The highest BCUT2D eigenvalue weighted by Gasteiger charge is 2.09. The van der Waals surface area contributed by atoms with Gasteiger partial charge in [-0.3, -0.25) is 4.79 Å². The van der Waals surface area contributed by atoms with Crippen LogP contribution in [-0.4, -0.2) is 26.3 Å². The Morgan fingerprint density at radius 2 is 1.78 bits per heavy atom. The smallest absolute Gasteiger partial charge is 0.272 e. The molecule has 0 fully saturated rings. The lowest BCUT2D eigenvalue weighted by atomic mass is 10.2. The molecule has 0 saturated heterocycles. The van der Waals surface area contributed by atoms with Gasteiger partial charge in [0.2, 0.25) is 0 Å². The van der Waals surface area contributed by atoms with E-state index in [2.05, 4.69) is 42.4 Å². The fourth-order valence-corrected chi connectivity index (χ4v) is 2.84. The zero-order valence-electron chi connectivity index (χ0n) is 12.5. The first-order valence-corrected chi connectivity index (χ1v) is 8.15. The van der Waals surface area contributed by atoms with Crippen LogP contribution in [0.2, 0.25) is 0 Å². The number of carbonyl (C=O) groups excluding carboxylic acids is 1. The maximum absolute atomic E-state index is 12.1. The summed E-state index contributed by atoms with van der Waals surface area (Å²) >= 11 is 6.73. The zero-order chi connectivity index (χ0) is 16.8. The van der Waals surface area contributed by atoms with E-state index in [1.54, 1.807) is 44.6 Å². The summed E-state index contributed by atoms with van der Waals surface area (Å²) in [5.74, 6) is 0.931. The van der Waals surface area contributed by atoms with Crippen molar-refractivity contribution in [3.05, 3.63) is 56.5 Å². The molecule has 120 valence electrons. The van der Waals surface area contributed by atoms with E-state index in [0.29, 0.717) is 27.1 Å². The van der Waals surface area contributed by atoms with Crippen LogP contribution in [0.15, 0.2) is 50.4 Å². The summed E-state index contributed by atoms with van der Waals surface area (Å²) in [4.78, 5) is 12.1. The second kappa shape index (κ2) is 8.12. The molecule has 1 N–H and O–H groups in total. The van der Waals surface area contributed by atoms with Crippen molar-refractivity contribution in [1.82, 2.24) is 5.43 Å². The number of carbonyl (C=O) groups is 1. The van der Waals surface area contributed by atoms with Gasteiger partial charge >= 0.3 is 0 Å². The number of nitrogens with zero attached hydrogens (tertiary/aromatic N) is 1. The van der Waals surface area contributed by atoms with Gasteiger partial charge in [-0.25, -0.2) is 5.43 Å². The molecule has 0 aromatic heterocycles. The topological polar surface area (TPSA) is 59.9 Å². The predicted octanol–water partition coefficient (Wildman–Crippen LogP) is 3.99. The Labute approximate surface area is 150 Å². The van der Waals surface area contributed by atoms with Gasteiger partial charge in [0.25, 0.3) is 5.91 Å². The van der Waals surface area contributed by atoms with E-state index in [0.717, 1.165) is 4.47 Å². The Morgan fingerprint density at radius 1 is 1.09 bits per heavy atom. The first kappa shape index (κ1) is 17.5. The summed E-state index contributed by atoms with van der Waals surface area (Å²) in [7, 11) is 3.13. The van der Waals surface area contributed by atoms with Gasteiger partial charge in [-0.15, -0.1) is 0 Å². The fraction of sp³-hybridized carbons (Fsp3) is 0.125. The molecule has 0 atom stereocenters. The molecule has 2 rings (SSSR count). The van der Waals surface area contributed by atoms with Crippen LogP contribution in [0.25, 0.3) is 0 Å². The molecule has 5 nitrogen and oxygen atoms in total. The Balaban J connectivity index is 2.16. The van der Waals surface area contributed by atoms with Crippen LogP contribution in [-0.2, 0) is 0 Å². The molecule has 0 heterocycles. The second-order valence-corrected chi connectivity index (χ2v) is 6.12. The highest BCUT2D eigenvalue weighted by molar-refractivity contribution is 9.10. The van der Waals surface area contributed by atoms with Gasteiger partial charge < -0.3 is 9.47 Å². The maximum atomic E-state index is 12.1. The lowest BCUT2D eigenvalue weighted by Crippen LogP contribution is -2.18. The highest BCUT2D eigenvalue weighted by atomic mass is 79.9. The van der Waals surface area contributed by atoms with Gasteiger partial charge in [0.05, 0.1) is 30.5 Å². The van der Waals surface area contributed by atoms with Crippen molar-refractivity contribution in [2.24, 2.45) is 5.10 Å². The number of amides is 1. The monoisotopic (exact) mass is 440 g/mol. The number of methoxy groups -OCH3 is 2. The number of hydrogen-bond acceptors (Lipinski definition) is 4. The van der Waals surface area contributed by atoms with Gasteiger partial charge in [-0.2, -0.15) is 5.10 Å². The van der Waals surface area contributed by atoms with E-state index >= 15 is 0 Å². The Kier molecular flexibility index (Phi) is 6.18. The van der Waals surface area contributed by atoms with Crippen molar-refractivity contribution < 1.29 is 14.3 Å². The first-order chi connectivity index (χ1) is 11.1. The van der Waals surface area contributed by atoms with E-state index in [1.807, 2.05) is 6.07 Å². The number of halogens is 2. The molecule has 1 amide bonds. The Morgan fingerprint density at radius 3 is 2.43 bits per heavy atom. The van der Waals surface area contributed by atoms with Crippen molar-refractivity contribution in [2.45, 2.75) is 0 Å². The molecule has 0 saturated carbocycles. The highest BCUT2D eigenvalue weighted by Crippen LogP contribution is 2.31. The maximum Gasteiger partial charge on any atom is 0.272 e. The van der Waals surface area contributed by atoms with Crippen molar-refractivity contribution in [2.75, 3.05) is 14.2 Å². The van der Waals surface area contributed by atoms with Gasteiger partial charge in [-0.05, 0) is 50.1 Å². The SMILES string of the molecule is COc1cc(OC)c(C=NNC(=O)c2ccccc2Br)cc1Br. The van der Waals surface area contributed by atoms with Crippen LogP contribution in [0.4, 0.5) is 0 Å². The van der Waals surface area contributed by atoms with E-state index in [4.69, 9.17) is 9.47 Å². The molecule has 0 aliphatic carbocycles. The molecule has 2 aromatic carbocycles. The molecule has 0 aliphatic rings. The standard InChI is InChI=1S/C16H14Br2N2O3/c1-22-14-8-15(23-2)13(18)7-10(14)9-19-20-16(21)11-5-3-4-6-12(11)17/h3-9H,1-2H3,(H,20,21). The van der Waals surface area contributed by atoms with E-state index < -0.39 is 0 Å². The number of rotatable bonds is 5. The molecular formula is C16H14Br2N2O3. The third kappa shape index (κ3) is 4.33. The third-order valence-electron chi connectivity index (χ3n) is 2.99. The van der Waals surface area contributed by atoms with Crippen molar-refractivity contribution in [1.29, 1.82) is 0 Å². The fourth-order valence-electron chi connectivity index (χ4n) is 1.85. The van der Waals surface area contributed by atoms with Gasteiger partial charge in [0, 0.05) is 16.1 Å². The van der Waals surface area contributed by atoms with Crippen LogP contribution in [0, 0.1) is 0 Å². The Hall–Kier alpha value is -1.86. The van der Waals surface area contributed by atoms with Gasteiger partial charge in [0.1, 0.15) is 11.5 Å². The third-order valence-corrected chi connectivity index (χ3v) is 4.30. The summed E-state index contributed by atoms with van der Waals surface area (Å²) in [5.41, 5.74) is 3.69. The number of nitrogens with one attached hydrogen (secondary N) is 1. The Bertz CT molecular complexity index is 748. The summed E-state index contributed by atoms with van der Waals surface area (Å²) < 4.78 is 12.0. The van der Waals surface area contributed by atoms with E-state index in [1.165, 1.54) is 6.21 Å². The van der Waals surface area contributed by atoms with Crippen LogP contribution in [0.5, 0.6) is 11.5 Å². The normalized spacial score (nSPS) is 10.6. The van der Waals surface area contributed by atoms with Crippen LogP contribution >= 0.6 is 31.9 Å². The first-order valence-electron chi connectivity index (χ1n) is 6.56. The minimum atomic E-state index is -0.305. The number of benzene rings is 2. The van der Waals surface area contributed by atoms with Crippen molar-refractivity contribution in [3.63, 3.8) is 0 Å². The van der Waals surface area contributed by atoms with Gasteiger partial charge in [0.15, 0.2) is 0 Å². The molecule has 0 bridgehead atoms. The predicted molar refractivity (Wildman–Crippen MR) is 96.4 cm³/mol. The summed E-state index contributed by atoms with van der Waals surface area (Å²) in [6.45, 7) is 0. The minimum Gasteiger partial charge on any atom is -0.496 e. The molecule has 2 aromatic rings. The lowest BCUT2D eigenvalue weighted by Gasteiger charge is -2.09. The summed E-state index contributed by atoms with van der Waals surface area (Å²) in [6, 6.07) is 10.7. The molecule has 0 spiro atoms. The quantitative estimate of drug-likeness (QED) is 0.563. The molecule has 0 aliphatic heterocycles. The molecule has 0 radical (unpaired) electrons. The minimum absolute atomic E-state index is 0.305. The molecule has 7 heteroatoms. The van der Waals surface area contributed by atoms with E-state index in [9.17, 15) is 4.79 Å². The van der Waals surface area contributed by atoms with Crippen molar-refractivity contribution >= 4 is 44.0 Å². The summed E-state index contributed by atoms with van der Waals surface area (Å²) in [5, 5.41) is 3.98. The van der Waals surface area contributed by atoms with Crippen molar-refractivity contribution in [3.8, 4) is 11.5 Å². The van der Waals surface area contributed by atoms with E-state index in [-0.39, 0.29) is 5.91 Å². The number of ether oxygens (including phenoxy) is 2. The van der Waals surface area contributed by atoms with Crippen LogP contribution < -0.4 is 14.9 Å². The molecule has 0 unspecified atom stereocenters. The largest absolute Gasteiger partial charge is 0.496 e. The van der Waals surface area contributed by atoms with Crippen LogP contribution in [0.1, 0.15) is 15.9 Å².